The van der Waals surface area contributed by atoms with Crippen molar-refractivity contribution in [2.24, 2.45) is 5.92 Å². The Hall–Kier alpha value is -4.15. The minimum atomic E-state index is -4.10. The van der Waals surface area contributed by atoms with Crippen LogP contribution >= 0.6 is 0 Å². The smallest absolute Gasteiger partial charge is 0.321 e. The maximum absolute atomic E-state index is 14.4. The molecule has 0 saturated heterocycles. The van der Waals surface area contributed by atoms with E-state index in [1.165, 1.54) is 35.8 Å². The summed E-state index contributed by atoms with van der Waals surface area (Å²) in [4.78, 5) is 30.5. The van der Waals surface area contributed by atoms with Crippen molar-refractivity contribution in [1.29, 1.82) is 0 Å². The van der Waals surface area contributed by atoms with Crippen molar-refractivity contribution in [3.8, 4) is 5.75 Å². The van der Waals surface area contributed by atoms with E-state index in [0.29, 0.717) is 35.9 Å². The molecule has 3 N–H and O–H groups in total. The third-order valence-corrected chi connectivity index (χ3v) is 10.2. The van der Waals surface area contributed by atoms with Crippen LogP contribution in [0.2, 0.25) is 0 Å². The van der Waals surface area contributed by atoms with Gasteiger partial charge in [0.2, 0.25) is 0 Å². The summed E-state index contributed by atoms with van der Waals surface area (Å²) in [5, 5.41) is 20.7. The summed E-state index contributed by atoms with van der Waals surface area (Å²) < 4.78 is 52.0. The topological polar surface area (TPSA) is 190 Å². The normalized spacial score (nSPS) is 20.1. The van der Waals surface area contributed by atoms with Crippen LogP contribution in [0.3, 0.4) is 0 Å². The molecule has 3 aromatic rings. The molecule has 15 nitrogen and oxygen atoms in total. The number of benzene rings is 1. The molecule has 1 aliphatic rings. The summed E-state index contributed by atoms with van der Waals surface area (Å²) in [7, 11) is -2.44. The van der Waals surface area contributed by atoms with Crippen molar-refractivity contribution in [3.63, 3.8) is 0 Å². The van der Waals surface area contributed by atoms with E-state index in [-0.39, 0.29) is 65.3 Å². The predicted molar refractivity (Wildman–Crippen MR) is 181 cm³/mol. The molecule has 0 unspecified atom stereocenters. The van der Waals surface area contributed by atoms with Gasteiger partial charge in [-0.05, 0) is 79.0 Å². The predicted octanol–water partition coefficient (Wildman–Crippen LogP) is 4.66. The summed E-state index contributed by atoms with van der Waals surface area (Å²) >= 11 is 0. The number of nitrogens with zero attached hydrogens (tertiary/aromatic N) is 4. The molecule has 0 saturated carbocycles. The number of carbonyl (C=O) groups excluding carboxylic acids is 2. The van der Waals surface area contributed by atoms with Gasteiger partial charge in [-0.2, -0.15) is 0 Å². The maximum Gasteiger partial charge on any atom is 0.321 e. The molecule has 0 spiro atoms. The lowest BCUT2D eigenvalue weighted by Gasteiger charge is -2.35. The Labute approximate surface area is 287 Å². The molecule has 0 radical (unpaired) electrons. The van der Waals surface area contributed by atoms with E-state index in [2.05, 4.69) is 20.4 Å². The number of carbonyl (C=O) groups is 2. The van der Waals surface area contributed by atoms with Gasteiger partial charge >= 0.3 is 6.03 Å². The third kappa shape index (κ3) is 9.10. The summed E-state index contributed by atoms with van der Waals surface area (Å²) in [6.45, 7) is 12.5. The van der Waals surface area contributed by atoms with E-state index in [1.54, 1.807) is 33.9 Å². The number of aromatic nitrogens is 2. The van der Waals surface area contributed by atoms with Gasteiger partial charge in [0.25, 0.3) is 15.9 Å². The van der Waals surface area contributed by atoms with Crippen LogP contribution in [-0.2, 0) is 14.8 Å². The van der Waals surface area contributed by atoms with Crippen molar-refractivity contribution >= 4 is 33.3 Å². The summed E-state index contributed by atoms with van der Waals surface area (Å²) in [5.41, 5.74) is 1.54. The number of nitrogens with one attached hydrogen (secondary N) is 2. The van der Waals surface area contributed by atoms with E-state index < -0.39 is 28.1 Å². The highest BCUT2D eigenvalue weighted by atomic mass is 32.2. The van der Waals surface area contributed by atoms with Crippen LogP contribution in [-0.4, -0.2) is 97.2 Å². The number of rotatable bonds is 8. The number of amides is 3. The number of hydrogen-bond donors (Lipinski definition) is 3. The minimum absolute atomic E-state index is 0.0791. The van der Waals surface area contributed by atoms with Gasteiger partial charge in [0.1, 0.15) is 22.8 Å². The Kier molecular flexibility index (Phi) is 12.3. The lowest BCUT2D eigenvalue weighted by Crippen LogP contribution is -2.48. The second-order valence-corrected chi connectivity index (χ2v) is 14.4. The van der Waals surface area contributed by atoms with E-state index in [4.69, 9.17) is 18.5 Å². The molecule has 1 aliphatic heterocycles. The fraction of sp³-hybridized carbons (Fsp3) is 0.576. The second kappa shape index (κ2) is 16.0. The Morgan fingerprint density at radius 1 is 1.10 bits per heavy atom. The zero-order valence-corrected chi connectivity index (χ0v) is 30.2. The zero-order chi connectivity index (χ0) is 36.0. The van der Waals surface area contributed by atoms with Crippen molar-refractivity contribution in [2.75, 3.05) is 43.4 Å². The van der Waals surface area contributed by atoms with Crippen LogP contribution in [0.5, 0.6) is 5.75 Å². The Morgan fingerprint density at radius 3 is 2.43 bits per heavy atom. The number of hydrogen-bond acceptors (Lipinski definition) is 11. The van der Waals surface area contributed by atoms with E-state index >= 15 is 0 Å². The monoisotopic (exact) mass is 704 g/mol. The van der Waals surface area contributed by atoms with Crippen LogP contribution in [0.15, 0.2) is 32.1 Å². The molecule has 4 atom stereocenters. The first-order chi connectivity index (χ1) is 23.1. The third-order valence-electron chi connectivity index (χ3n) is 8.61. The lowest BCUT2D eigenvalue weighted by molar-refractivity contribution is -0.0115. The van der Waals surface area contributed by atoms with Gasteiger partial charge in [-0.1, -0.05) is 17.2 Å². The lowest BCUT2D eigenvalue weighted by atomic mass is 10.0. The Morgan fingerprint density at radius 2 is 1.80 bits per heavy atom. The molecule has 0 bridgehead atoms. The molecule has 49 heavy (non-hydrogen) atoms. The molecule has 1 aromatic carbocycles. The van der Waals surface area contributed by atoms with Gasteiger partial charge in [0.15, 0.2) is 16.4 Å². The highest BCUT2D eigenvalue weighted by Gasteiger charge is 2.32. The number of aliphatic hydroxyl groups is 1. The average molecular weight is 705 g/mol. The number of fused-ring (bicyclic) bond motifs is 1. The quantitative estimate of drug-likeness (QED) is 0.296. The van der Waals surface area contributed by atoms with Gasteiger partial charge in [-0.25, -0.2) is 13.2 Å². The van der Waals surface area contributed by atoms with E-state index in [0.717, 1.165) is 12.8 Å². The van der Waals surface area contributed by atoms with Gasteiger partial charge < -0.3 is 38.7 Å². The largest absolute Gasteiger partial charge is 0.490 e. The standard InChI is InChI=1S/C33H48N6O9S/c1-19-16-39(20(2)18-40)32(41)27-15-26(37-49(43,44)31-23(5)36-48-25(31)7)12-13-28(27)46-21(3)11-9-10-14-45-29(19)17-38(8)33(42)34-30-22(4)35-47-24(30)6/h12-13,15,19-21,29,37,40H,9-11,14,16-18H2,1-8H3,(H,34,42)/t19-,20-,21-,29-/m0/s1. The molecule has 3 amide bonds. The van der Waals surface area contributed by atoms with Crippen LogP contribution in [0.25, 0.3) is 0 Å². The number of ether oxygens (including phenoxy) is 2. The molecular formula is C33H48N6O9S. The van der Waals surface area contributed by atoms with Gasteiger partial charge in [0, 0.05) is 38.3 Å². The highest BCUT2D eigenvalue weighted by Crippen LogP contribution is 2.30. The number of sulfonamides is 1. The van der Waals surface area contributed by atoms with Crippen LogP contribution < -0.4 is 14.8 Å². The van der Waals surface area contributed by atoms with Crippen molar-refractivity contribution < 1.29 is 41.6 Å². The van der Waals surface area contributed by atoms with Crippen molar-refractivity contribution in [1.82, 2.24) is 20.1 Å². The van der Waals surface area contributed by atoms with Crippen LogP contribution in [0.4, 0.5) is 16.2 Å². The molecule has 3 heterocycles. The van der Waals surface area contributed by atoms with E-state index in [9.17, 15) is 23.1 Å². The first-order valence-corrected chi connectivity index (χ1v) is 17.9. The molecule has 270 valence electrons. The van der Waals surface area contributed by atoms with Crippen molar-refractivity contribution in [2.45, 2.75) is 90.9 Å². The summed E-state index contributed by atoms with van der Waals surface area (Å²) in [6, 6.07) is 3.57. The molecule has 2 aromatic heterocycles. The SMILES string of the molecule is Cc1noc(C)c1NC(=O)N(C)C[C@@H]1OCCCC[C@H](C)Oc2ccc(NS(=O)(=O)c3c(C)noc3C)cc2C(=O)N([C@@H](C)CO)C[C@@H]1C. The number of anilines is 2. The highest BCUT2D eigenvalue weighted by molar-refractivity contribution is 7.92. The summed E-state index contributed by atoms with van der Waals surface area (Å²) in [6.07, 6.45) is 1.48. The summed E-state index contributed by atoms with van der Waals surface area (Å²) in [5.74, 6) is 0.166. The molecule has 4 rings (SSSR count). The number of likely N-dealkylation sites (N-methyl/N-ethyl adjacent to an activating group) is 1. The van der Waals surface area contributed by atoms with Crippen LogP contribution in [0, 0.1) is 33.6 Å². The fourth-order valence-electron chi connectivity index (χ4n) is 5.73. The van der Waals surface area contributed by atoms with Gasteiger partial charge in [-0.15, -0.1) is 0 Å². The number of urea groups is 1. The molecule has 0 fully saturated rings. The number of aliphatic hydroxyl groups excluding tert-OH is 1. The molecular weight excluding hydrogens is 656 g/mol. The maximum atomic E-state index is 14.4. The first kappa shape index (κ1) is 37.7. The average Bonchev–Trinajstić information content (AvgIpc) is 3.56. The fourth-order valence-corrected chi connectivity index (χ4v) is 7.11. The second-order valence-electron chi connectivity index (χ2n) is 12.8. The first-order valence-electron chi connectivity index (χ1n) is 16.4. The zero-order valence-electron chi connectivity index (χ0n) is 29.4. The molecule has 16 heteroatoms. The molecule has 0 aliphatic carbocycles. The van der Waals surface area contributed by atoms with Crippen molar-refractivity contribution in [3.05, 3.63) is 46.7 Å². The number of aryl methyl sites for hydroxylation is 4. The van der Waals surface area contributed by atoms with Gasteiger partial charge in [0.05, 0.1) is 30.4 Å². The van der Waals surface area contributed by atoms with E-state index in [1.807, 2.05) is 13.8 Å². The van der Waals surface area contributed by atoms with Crippen LogP contribution in [0.1, 0.15) is 73.3 Å². The van der Waals surface area contributed by atoms with Gasteiger partial charge in [-0.3, -0.25) is 9.52 Å². The Bertz CT molecular complexity index is 1680. The minimum Gasteiger partial charge on any atom is -0.490 e. The Balaban J connectivity index is 1.64.